The van der Waals surface area contributed by atoms with E-state index in [4.69, 9.17) is 0 Å². The number of hydrogen-bond acceptors (Lipinski definition) is 2. The minimum Gasteiger partial charge on any atom is -0.279 e. The highest BCUT2D eigenvalue weighted by atomic mass is 79.9. The molecule has 0 aliphatic carbocycles. The molecule has 1 N–H and O–H groups in total. The van der Waals surface area contributed by atoms with Gasteiger partial charge in [0.2, 0.25) is 0 Å². The van der Waals surface area contributed by atoms with Crippen molar-refractivity contribution in [2.24, 2.45) is 0 Å². The van der Waals surface area contributed by atoms with E-state index in [2.05, 4.69) is 15.9 Å². The molecule has 0 fully saturated rings. The lowest BCUT2D eigenvalue weighted by Gasteiger charge is -2.09. The molecule has 20 heavy (non-hydrogen) atoms. The maximum Gasteiger partial charge on any atom is 0.264 e. The zero-order valence-corrected chi connectivity index (χ0v) is 12.1. The first-order chi connectivity index (χ1) is 9.29. The third-order valence-corrected chi connectivity index (χ3v) is 4.26. The number of nitrogens with one attached hydrogen (secondary N) is 1. The molecule has 0 aliphatic rings. The molecule has 0 atom stereocenters. The molecule has 0 unspecified atom stereocenters. The average molecular weight is 366 g/mol. The predicted molar refractivity (Wildman–Crippen MR) is 71.3 cm³/mol. The summed E-state index contributed by atoms with van der Waals surface area (Å²) in [6.45, 7) is 0. The molecule has 106 valence electrons. The zero-order valence-electron chi connectivity index (χ0n) is 9.70. The summed E-state index contributed by atoms with van der Waals surface area (Å²) in [5, 5.41) is 0. The summed E-state index contributed by atoms with van der Waals surface area (Å²) < 4.78 is 65.6. The van der Waals surface area contributed by atoms with Crippen LogP contribution >= 0.6 is 15.9 Å². The van der Waals surface area contributed by atoms with Crippen LogP contribution in [-0.4, -0.2) is 8.42 Å². The van der Waals surface area contributed by atoms with E-state index < -0.39 is 32.4 Å². The lowest BCUT2D eigenvalue weighted by atomic mass is 10.3. The molecular formula is C12H7BrF3NO2S. The van der Waals surface area contributed by atoms with Gasteiger partial charge >= 0.3 is 0 Å². The summed E-state index contributed by atoms with van der Waals surface area (Å²) >= 11 is 3.00. The molecule has 3 nitrogen and oxygen atoms in total. The quantitative estimate of drug-likeness (QED) is 0.901. The van der Waals surface area contributed by atoms with Crippen LogP contribution in [0.2, 0.25) is 0 Å². The van der Waals surface area contributed by atoms with E-state index in [1.807, 2.05) is 4.72 Å². The Morgan fingerprint density at radius 3 is 2.20 bits per heavy atom. The molecular weight excluding hydrogens is 359 g/mol. The molecule has 2 rings (SSSR count). The molecule has 0 amide bonds. The van der Waals surface area contributed by atoms with Gasteiger partial charge in [-0.25, -0.2) is 21.6 Å². The van der Waals surface area contributed by atoms with E-state index in [9.17, 15) is 21.6 Å². The van der Waals surface area contributed by atoms with Crippen LogP contribution in [0.4, 0.5) is 18.9 Å². The highest BCUT2D eigenvalue weighted by Gasteiger charge is 2.19. The fourth-order valence-corrected chi connectivity index (χ4v) is 2.91. The van der Waals surface area contributed by atoms with Crippen molar-refractivity contribution >= 4 is 31.6 Å². The topological polar surface area (TPSA) is 46.2 Å². The minimum atomic E-state index is -4.23. The van der Waals surface area contributed by atoms with Crippen LogP contribution in [0.1, 0.15) is 0 Å². The molecule has 8 heteroatoms. The van der Waals surface area contributed by atoms with Crippen molar-refractivity contribution in [1.82, 2.24) is 0 Å². The summed E-state index contributed by atoms with van der Waals surface area (Å²) in [7, 11) is -4.23. The van der Waals surface area contributed by atoms with Crippen LogP contribution in [0, 0.1) is 17.5 Å². The van der Waals surface area contributed by atoms with Gasteiger partial charge in [0.1, 0.15) is 10.7 Å². The van der Waals surface area contributed by atoms with Crippen molar-refractivity contribution in [3.05, 3.63) is 58.3 Å². The fraction of sp³-hybridized carbons (Fsp3) is 0. The van der Waals surface area contributed by atoms with Crippen LogP contribution in [0.25, 0.3) is 0 Å². The highest BCUT2D eigenvalue weighted by molar-refractivity contribution is 9.10. The number of halogens is 4. The second kappa shape index (κ2) is 5.45. The van der Waals surface area contributed by atoms with Gasteiger partial charge in [0, 0.05) is 10.5 Å². The minimum absolute atomic E-state index is 0.203. The maximum atomic E-state index is 13.6. The van der Waals surface area contributed by atoms with Crippen molar-refractivity contribution < 1.29 is 21.6 Å². The summed E-state index contributed by atoms with van der Waals surface area (Å²) in [5.74, 6) is -3.28. The molecule has 0 aliphatic heterocycles. The third kappa shape index (κ3) is 3.13. The first-order valence-electron chi connectivity index (χ1n) is 5.22. The Kier molecular flexibility index (Phi) is 4.05. The van der Waals surface area contributed by atoms with Crippen LogP contribution in [0.5, 0.6) is 0 Å². The lowest BCUT2D eigenvalue weighted by Crippen LogP contribution is -2.14. The van der Waals surface area contributed by atoms with E-state index in [0.29, 0.717) is 10.5 Å². The van der Waals surface area contributed by atoms with Gasteiger partial charge in [-0.2, -0.15) is 0 Å². The largest absolute Gasteiger partial charge is 0.279 e. The first kappa shape index (κ1) is 14.9. The number of rotatable bonds is 3. The number of anilines is 1. The van der Waals surface area contributed by atoms with E-state index in [-0.39, 0.29) is 5.69 Å². The second-order valence-electron chi connectivity index (χ2n) is 3.81. The average Bonchev–Trinajstić information content (AvgIpc) is 2.33. The third-order valence-electron chi connectivity index (χ3n) is 2.36. The molecule has 0 saturated carbocycles. The van der Waals surface area contributed by atoms with Gasteiger partial charge in [0.05, 0.1) is 5.69 Å². The molecule has 0 saturated heterocycles. The molecule has 0 heterocycles. The molecule has 0 aromatic heterocycles. The first-order valence-corrected chi connectivity index (χ1v) is 7.50. The SMILES string of the molecule is O=S(=O)(Nc1ccc(F)c(F)c1)c1ccc(Br)cc1F. The molecule has 0 radical (unpaired) electrons. The van der Waals surface area contributed by atoms with E-state index in [0.717, 1.165) is 24.3 Å². The van der Waals surface area contributed by atoms with Crippen LogP contribution < -0.4 is 4.72 Å². The van der Waals surface area contributed by atoms with Crippen molar-refractivity contribution in [3.63, 3.8) is 0 Å². The highest BCUT2D eigenvalue weighted by Crippen LogP contribution is 2.22. The normalized spacial score (nSPS) is 11.4. The monoisotopic (exact) mass is 365 g/mol. The zero-order chi connectivity index (χ0) is 14.9. The van der Waals surface area contributed by atoms with E-state index in [1.165, 1.54) is 6.07 Å². The van der Waals surface area contributed by atoms with Crippen molar-refractivity contribution in [2.75, 3.05) is 4.72 Å². The Bertz CT molecular complexity index is 765. The maximum absolute atomic E-state index is 13.6. The van der Waals surface area contributed by atoms with Crippen molar-refractivity contribution in [2.45, 2.75) is 4.90 Å². The molecule has 2 aromatic rings. The van der Waals surface area contributed by atoms with Gasteiger partial charge in [-0.05, 0) is 30.3 Å². The van der Waals surface area contributed by atoms with Gasteiger partial charge in [-0.1, -0.05) is 15.9 Å². The predicted octanol–water partition coefficient (Wildman–Crippen LogP) is 3.67. The lowest BCUT2D eigenvalue weighted by molar-refractivity contribution is 0.509. The Morgan fingerprint density at radius 1 is 0.900 bits per heavy atom. The number of benzene rings is 2. The summed E-state index contributed by atoms with van der Waals surface area (Å²) in [6.07, 6.45) is 0. The Labute approximate surface area is 121 Å². The van der Waals surface area contributed by atoms with Gasteiger partial charge in [0.15, 0.2) is 11.6 Å². The summed E-state index contributed by atoms with van der Waals surface area (Å²) in [4.78, 5) is -0.592. The fourth-order valence-electron chi connectivity index (χ4n) is 1.46. The van der Waals surface area contributed by atoms with E-state index >= 15 is 0 Å². The Hall–Kier alpha value is -1.54. The standard InChI is InChI=1S/C12H7BrF3NO2S/c13-7-1-4-12(11(16)5-7)20(18,19)17-8-2-3-9(14)10(15)6-8/h1-6,17H. The smallest absolute Gasteiger partial charge is 0.264 e. The van der Waals surface area contributed by atoms with Crippen LogP contribution in [0.15, 0.2) is 45.8 Å². The van der Waals surface area contributed by atoms with Crippen molar-refractivity contribution in [3.8, 4) is 0 Å². The second-order valence-corrected chi connectivity index (χ2v) is 6.38. The van der Waals surface area contributed by atoms with E-state index in [1.54, 1.807) is 0 Å². The van der Waals surface area contributed by atoms with Crippen LogP contribution in [-0.2, 0) is 10.0 Å². The summed E-state index contributed by atoms with van der Waals surface area (Å²) in [6, 6.07) is 5.87. The Morgan fingerprint density at radius 2 is 1.60 bits per heavy atom. The molecule has 2 aromatic carbocycles. The van der Waals surface area contributed by atoms with Gasteiger partial charge in [-0.15, -0.1) is 0 Å². The van der Waals surface area contributed by atoms with Gasteiger partial charge < -0.3 is 0 Å². The molecule has 0 bridgehead atoms. The number of sulfonamides is 1. The number of hydrogen-bond donors (Lipinski definition) is 1. The van der Waals surface area contributed by atoms with Gasteiger partial charge in [-0.3, -0.25) is 4.72 Å². The van der Waals surface area contributed by atoms with Crippen molar-refractivity contribution in [1.29, 1.82) is 0 Å². The van der Waals surface area contributed by atoms with Gasteiger partial charge in [0.25, 0.3) is 10.0 Å². The summed E-state index contributed by atoms with van der Waals surface area (Å²) in [5.41, 5.74) is -0.203. The van der Waals surface area contributed by atoms with Crippen LogP contribution in [0.3, 0.4) is 0 Å². The molecule has 0 spiro atoms. The Balaban J connectivity index is 2.38.